The molecule has 2 N–H and O–H groups in total. The molecule has 0 atom stereocenters. The SMILES string of the molecule is CCCCCCOc1ccc(N2CCc3cc(C=c4sc(=C(C#N)C(=O)O)n(CC(=O)O)c4=O)ccc32)cc1. The molecule has 2 aromatic carbocycles. The fraction of sp³-hybridized carbons (Fsp3) is 0.310. The quantitative estimate of drug-likeness (QED) is 0.350. The Bertz CT molecular complexity index is 1600. The number of thiazole rings is 1. The van der Waals surface area contributed by atoms with Crippen LogP contribution in [0.2, 0.25) is 0 Å². The smallest absolute Gasteiger partial charge is 0.349 e. The van der Waals surface area contributed by atoms with E-state index in [0.717, 1.165) is 63.5 Å². The first-order valence-electron chi connectivity index (χ1n) is 12.8. The number of aromatic nitrogens is 1. The van der Waals surface area contributed by atoms with Crippen molar-refractivity contribution in [3.63, 3.8) is 0 Å². The zero-order valence-corrected chi connectivity index (χ0v) is 22.4. The normalized spacial score (nSPS) is 13.6. The van der Waals surface area contributed by atoms with Crippen molar-refractivity contribution in [3.05, 3.63) is 73.1 Å². The van der Waals surface area contributed by atoms with Crippen LogP contribution in [-0.4, -0.2) is 39.9 Å². The second-order valence-electron chi connectivity index (χ2n) is 9.19. The molecule has 0 spiro atoms. The number of carboxylic acids is 2. The summed E-state index contributed by atoms with van der Waals surface area (Å²) in [6.07, 6.45) is 7.04. The maximum absolute atomic E-state index is 12.9. The lowest BCUT2D eigenvalue weighted by Gasteiger charge is -2.20. The summed E-state index contributed by atoms with van der Waals surface area (Å²) in [7, 11) is 0. The number of carboxylic acid groups (broad SMARTS) is 2. The summed E-state index contributed by atoms with van der Waals surface area (Å²) < 4.78 is 6.64. The molecule has 39 heavy (non-hydrogen) atoms. The van der Waals surface area contributed by atoms with Crippen molar-refractivity contribution in [1.29, 1.82) is 5.26 Å². The fourth-order valence-corrected chi connectivity index (χ4v) is 5.64. The Kier molecular flexibility index (Phi) is 8.84. The largest absolute Gasteiger partial charge is 0.494 e. The number of anilines is 2. The Hall–Kier alpha value is -4.36. The number of aliphatic carboxylic acids is 2. The number of nitriles is 1. The van der Waals surface area contributed by atoms with Crippen molar-refractivity contribution >= 4 is 46.3 Å². The lowest BCUT2D eigenvalue weighted by Crippen LogP contribution is -2.35. The number of rotatable bonds is 11. The van der Waals surface area contributed by atoms with E-state index in [-0.39, 0.29) is 9.20 Å². The van der Waals surface area contributed by atoms with E-state index in [4.69, 9.17) is 4.74 Å². The van der Waals surface area contributed by atoms with Gasteiger partial charge in [-0.3, -0.25) is 14.2 Å². The molecule has 0 saturated heterocycles. The second-order valence-corrected chi connectivity index (χ2v) is 10.2. The van der Waals surface area contributed by atoms with E-state index in [1.807, 2.05) is 42.5 Å². The average Bonchev–Trinajstić information content (AvgIpc) is 3.46. The Labute approximate surface area is 229 Å². The van der Waals surface area contributed by atoms with Crippen molar-refractivity contribution in [1.82, 2.24) is 4.57 Å². The van der Waals surface area contributed by atoms with Gasteiger partial charge in [0.05, 0.1) is 11.1 Å². The second kappa shape index (κ2) is 12.5. The molecule has 0 unspecified atom stereocenters. The summed E-state index contributed by atoms with van der Waals surface area (Å²) in [5.74, 6) is -1.98. The molecule has 0 saturated carbocycles. The number of carbonyl (C=O) groups is 2. The van der Waals surface area contributed by atoms with Gasteiger partial charge in [0, 0.05) is 17.9 Å². The van der Waals surface area contributed by atoms with Crippen molar-refractivity contribution in [2.75, 3.05) is 18.1 Å². The molecule has 0 radical (unpaired) electrons. The Morgan fingerprint density at radius 2 is 1.90 bits per heavy atom. The highest BCUT2D eigenvalue weighted by Crippen LogP contribution is 2.35. The van der Waals surface area contributed by atoms with Gasteiger partial charge in [0.1, 0.15) is 23.0 Å². The third-order valence-corrected chi connectivity index (χ3v) is 7.58. The highest BCUT2D eigenvalue weighted by molar-refractivity contribution is 7.07. The minimum absolute atomic E-state index is 0.153. The molecule has 0 aliphatic carbocycles. The third-order valence-electron chi connectivity index (χ3n) is 6.45. The van der Waals surface area contributed by atoms with Gasteiger partial charge in [-0.05, 0) is 66.4 Å². The summed E-state index contributed by atoms with van der Waals surface area (Å²) in [5.41, 5.74) is 2.61. The van der Waals surface area contributed by atoms with Gasteiger partial charge < -0.3 is 19.8 Å². The van der Waals surface area contributed by atoms with Crippen LogP contribution in [0, 0.1) is 11.3 Å². The first-order valence-corrected chi connectivity index (χ1v) is 13.6. The van der Waals surface area contributed by atoms with E-state index in [9.17, 15) is 29.9 Å². The molecule has 1 aromatic heterocycles. The van der Waals surface area contributed by atoms with Crippen LogP contribution in [0.1, 0.15) is 43.7 Å². The Balaban J connectivity index is 1.59. The monoisotopic (exact) mass is 547 g/mol. The summed E-state index contributed by atoms with van der Waals surface area (Å²) in [6.45, 7) is 2.96. The molecule has 1 aliphatic rings. The molecular formula is C29H29N3O6S. The van der Waals surface area contributed by atoms with Crippen LogP contribution in [0.3, 0.4) is 0 Å². The van der Waals surface area contributed by atoms with Crippen LogP contribution >= 0.6 is 11.3 Å². The molecule has 202 valence electrons. The summed E-state index contributed by atoms with van der Waals surface area (Å²) in [6, 6.07) is 15.4. The fourth-order valence-electron chi connectivity index (χ4n) is 4.54. The predicted molar refractivity (Wildman–Crippen MR) is 149 cm³/mol. The van der Waals surface area contributed by atoms with E-state index < -0.39 is 29.6 Å². The minimum atomic E-state index is -1.52. The molecule has 4 rings (SSSR count). The van der Waals surface area contributed by atoms with Crippen LogP contribution in [0.25, 0.3) is 11.6 Å². The topological polar surface area (TPSA) is 133 Å². The number of benzene rings is 2. The molecule has 0 fully saturated rings. The maximum atomic E-state index is 12.9. The van der Waals surface area contributed by atoms with Crippen LogP contribution in [-0.2, 0) is 22.6 Å². The molecule has 0 amide bonds. The highest BCUT2D eigenvalue weighted by atomic mass is 32.1. The number of unbranched alkanes of at least 4 members (excludes halogenated alkanes) is 3. The molecular weight excluding hydrogens is 518 g/mol. The third kappa shape index (κ3) is 6.38. The van der Waals surface area contributed by atoms with Crippen LogP contribution < -0.4 is 24.4 Å². The number of hydrogen-bond donors (Lipinski definition) is 2. The Morgan fingerprint density at radius 3 is 2.56 bits per heavy atom. The summed E-state index contributed by atoms with van der Waals surface area (Å²) in [4.78, 5) is 37.9. The van der Waals surface area contributed by atoms with E-state index in [1.165, 1.54) is 19.3 Å². The first kappa shape index (κ1) is 27.7. The first-order chi connectivity index (χ1) is 18.8. The number of hydrogen-bond acceptors (Lipinski definition) is 7. The van der Waals surface area contributed by atoms with E-state index >= 15 is 0 Å². The lowest BCUT2D eigenvalue weighted by molar-refractivity contribution is -0.138. The van der Waals surface area contributed by atoms with E-state index in [0.29, 0.717) is 6.61 Å². The van der Waals surface area contributed by atoms with Crippen molar-refractivity contribution in [2.24, 2.45) is 0 Å². The Morgan fingerprint density at radius 1 is 1.13 bits per heavy atom. The average molecular weight is 548 g/mol. The molecule has 2 heterocycles. The molecule has 0 bridgehead atoms. The van der Waals surface area contributed by atoms with E-state index in [2.05, 4.69) is 11.8 Å². The van der Waals surface area contributed by atoms with Gasteiger partial charge in [-0.15, -0.1) is 11.3 Å². The van der Waals surface area contributed by atoms with Gasteiger partial charge in [0.2, 0.25) is 0 Å². The molecule has 1 aliphatic heterocycles. The van der Waals surface area contributed by atoms with Gasteiger partial charge in [0.25, 0.3) is 5.56 Å². The zero-order valence-electron chi connectivity index (χ0n) is 21.6. The number of fused-ring (bicyclic) bond motifs is 1. The standard InChI is InChI=1S/C29H29N3O6S/c1-2-3-4-5-14-38-22-9-7-21(8-10-22)31-13-12-20-15-19(6-11-24(20)31)16-25-27(35)32(18-26(33)34)28(39-25)23(17-30)29(36)37/h6-11,15-16H,2-5,12-14,18H2,1H3,(H,33,34)(H,36,37). The molecule has 9 nitrogen and oxygen atoms in total. The van der Waals surface area contributed by atoms with Crippen molar-refractivity contribution in [3.8, 4) is 11.8 Å². The van der Waals surface area contributed by atoms with Crippen LogP contribution in [0.5, 0.6) is 5.75 Å². The maximum Gasteiger partial charge on any atom is 0.349 e. The van der Waals surface area contributed by atoms with Gasteiger partial charge in [-0.2, -0.15) is 5.26 Å². The molecule has 3 aromatic rings. The van der Waals surface area contributed by atoms with Crippen LogP contribution in [0.15, 0.2) is 47.3 Å². The van der Waals surface area contributed by atoms with Gasteiger partial charge in [-0.25, -0.2) is 4.79 Å². The number of ether oxygens (including phenoxy) is 1. The number of nitrogens with zero attached hydrogens (tertiary/aromatic N) is 3. The van der Waals surface area contributed by atoms with Crippen LogP contribution in [0.4, 0.5) is 11.4 Å². The highest BCUT2D eigenvalue weighted by Gasteiger charge is 2.21. The van der Waals surface area contributed by atoms with Crippen molar-refractivity contribution < 1.29 is 24.5 Å². The van der Waals surface area contributed by atoms with Crippen molar-refractivity contribution in [2.45, 2.75) is 45.6 Å². The summed E-state index contributed by atoms with van der Waals surface area (Å²) >= 11 is 0.794. The summed E-state index contributed by atoms with van der Waals surface area (Å²) in [5, 5.41) is 27.8. The lowest BCUT2D eigenvalue weighted by atomic mass is 10.1. The molecule has 10 heteroatoms. The zero-order chi connectivity index (χ0) is 27.9. The van der Waals surface area contributed by atoms with Gasteiger partial charge in [0.15, 0.2) is 5.57 Å². The van der Waals surface area contributed by atoms with E-state index in [1.54, 1.807) is 12.1 Å². The minimum Gasteiger partial charge on any atom is -0.494 e. The van der Waals surface area contributed by atoms with Gasteiger partial charge >= 0.3 is 11.9 Å². The predicted octanol–water partition coefficient (Wildman–Crippen LogP) is 3.24. The van der Waals surface area contributed by atoms with Gasteiger partial charge in [-0.1, -0.05) is 32.3 Å².